The van der Waals surface area contributed by atoms with Crippen molar-refractivity contribution in [2.45, 2.75) is 45.9 Å². The van der Waals surface area contributed by atoms with Crippen LogP contribution in [0.1, 0.15) is 33.3 Å². The van der Waals surface area contributed by atoms with Crippen molar-refractivity contribution in [2.75, 3.05) is 29.9 Å². The molecule has 34 heavy (non-hydrogen) atoms. The largest absolute Gasteiger partial charge is 0.444 e. The molecule has 0 aromatic heterocycles. The number of hydrogen-bond acceptors (Lipinski definition) is 7. The number of nitrogens with one attached hydrogen (secondary N) is 1. The third-order valence-corrected chi connectivity index (χ3v) is 5.22. The van der Waals surface area contributed by atoms with Gasteiger partial charge in [-0.3, -0.25) is 15.4 Å². The molecule has 1 saturated heterocycles. The van der Waals surface area contributed by atoms with Crippen molar-refractivity contribution in [2.24, 2.45) is 0 Å². The van der Waals surface area contributed by atoms with Crippen LogP contribution in [-0.4, -0.2) is 53.3 Å². The highest BCUT2D eigenvalue weighted by Crippen LogP contribution is 2.33. The summed E-state index contributed by atoms with van der Waals surface area (Å²) in [6.07, 6.45) is -1.10. The molecule has 10 heteroatoms. The summed E-state index contributed by atoms with van der Waals surface area (Å²) in [4.78, 5) is 39.3. The lowest BCUT2D eigenvalue weighted by molar-refractivity contribution is -0.384. The first kappa shape index (κ1) is 24.8. The third kappa shape index (κ3) is 6.60. The van der Waals surface area contributed by atoms with Crippen LogP contribution in [0.15, 0.2) is 48.5 Å². The van der Waals surface area contributed by atoms with Gasteiger partial charge in [-0.25, -0.2) is 9.59 Å². The van der Waals surface area contributed by atoms with E-state index < -0.39 is 22.7 Å². The highest BCUT2D eigenvalue weighted by atomic mass is 16.6. The molecule has 0 bridgehead atoms. The van der Waals surface area contributed by atoms with Gasteiger partial charge in [0.1, 0.15) is 17.9 Å². The molecule has 1 fully saturated rings. The number of carbonyl (C=O) groups is 2. The summed E-state index contributed by atoms with van der Waals surface area (Å²) < 4.78 is 10.6. The fourth-order valence-corrected chi connectivity index (χ4v) is 3.68. The van der Waals surface area contributed by atoms with Gasteiger partial charge < -0.3 is 19.3 Å². The molecule has 10 nitrogen and oxygen atoms in total. The number of ether oxygens (including phenoxy) is 2. The fraction of sp³-hybridized carbons (Fsp3) is 0.417. The Morgan fingerprint density at radius 3 is 2.47 bits per heavy atom. The zero-order valence-electron chi connectivity index (χ0n) is 19.8. The quantitative estimate of drug-likeness (QED) is 0.494. The van der Waals surface area contributed by atoms with Crippen LogP contribution in [0.3, 0.4) is 0 Å². The van der Waals surface area contributed by atoms with Crippen LogP contribution < -0.4 is 10.2 Å². The van der Waals surface area contributed by atoms with E-state index in [1.807, 2.05) is 42.2 Å². The van der Waals surface area contributed by atoms with E-state index in [2.05, 4.69) is 5.32 Å². The number of anilines is 2. The van der Waals surface area contributed by atoms with Crippen LogP contribution >= 0.6 is 0 Å². The van der Waals surface area contributed by atoms with E-state index in [0.29, 0.717) is 25.3 Å². The van der Waals surface area contributed by atoms with E-state index in [1.165, 1.54) is 6.07 Å². The van der Waals surface area contributed by atoms with Gasteiger partial charge in [-0.05, 0) is 45.4 Å². The van der Waals surface area contributed by atoms with Crippen molar-refractivity contribution in [3.63, 3.8) is 0 Å². The molecule has 0 aliphatic carbocycles. The number of hydrogen-bond donors (Lipinski definition) is 1. The van der Waals surface area contributed by atoms with Crippen molar-refractivity contribution in [3.05, 3.63) is 64.2 Å². The minimum absolute atomic E-state index is 0.0896. The molecule has 1 aliphatic heterocycles. The van der Waals surface area contributed by atoms with Crippen LogP contribution in [0.2, 0.25) is 0 Å². The Balaban J connectivity index is 1.67. The zero-order valence-corrected chi connectivity index (χ0v) is 19.8. The fourth-order valence-electron chi connectivity index (χ4n) is 3.68. The van der Waals surface area contributed by atoms with E-state index >= 15 is 0 Å². The number of piperazine rings is 1. The van der Waals surface area contributed by atoms with Gasteiger partial charge >= 0.3 is 12.2 Å². The maximum Gasteiger partial charge on any atom is 0.411 e. The Morgan fingerprint density at radius 2 is 1.85 bits per heavy atom. The van der Waals surface area contributed by atoms with Crippen LogP contribution in [-0.2, 0) is 16.1 Å². The van der Waals surface area contributed by atoms with Crippen molar-refractivity contribution in [1.82, 2.24) is 4.90 Å². The number of benzene rings is 2. The Morgan fingerprint density at radius 1 is 1.15 bits per heavy atom. The lowest BCUT2D eigenvalue weighted by atomic mass is 10.1. The summed E-state index contributed by atoms with van der Waals surface area (Å²) >= 11 is 0. The zero-order chi connectivity index (χ0) is 24.9. The molecular weight excluding hydrogens is 440 g/mol. The molecule has 1 N–H and O–H groups in total. The van der Waals surface area contributed by atoms with Crippen molar-refractivity contribution < 1.29 is 24.0 Å². The molecular formula is C24H30N4O6. The average Bonchev–Trinajstić information content (AvgIpc) is 2.77. The summed E-state index contributed by atoms with van der Waals surface area (Å²) in [6, 6.07) is 13.5. The van der Waals surface area contributed by atoms with Gasteiger partial charge in [-0.1, -0.05) is 30.3 Å². The molecule has 2 aromatic rings. The lowest BCUT2D eigenvalue weighted by Crippen LogP contribution is -2.54. The SMILES string of the molecule is C[C@H]1CN(C(=O)OC(C)(C)C)CCN1c1ccc(NC(=O)OCc2ccccc2)cc1[N+](=O)[O-]. The maximum atomic E-state index is 12.4. The van der Waals surface area contributed by atoms with Crippen molar-refractivity contribution >= 4 is 29.2 Å². The number of nitrogens with zero attached hydrogens (tertiary/aromatic N) is 3. The minimum atomic E-state index is -0.703. The van der Waals surface area contributed by atoms with Gasteiger partial charge in [-0.15, -0.1) is 0 Å². The third-order valence-electron chi connectivity index (χ3n) is 5.22. The van der Waals surface area contributed by atoms with E-state index in [0.717, 1.165) is 5.56 Å². The highest BCUT2D eigenvalue weighted by molar-refractivity contribution is 5.86. The van der Waals surface area contributed by atoms with E-state index in [4.69, 9.17) is 9.47 Å². The molecule has 2 amide bonds. The lowest BCUT2D eigenvalue weighted by Gasteiger charge is -2.41. The van der Waals surface area contributed by atoms with Crippen LogP contribution in [0, 0.1) is 10.1 Å². The van der Waals surface area contributed by atoms with Gasteiger partial charge in [0.2, 0.25) is 0 Å². The number of carbonyl (C=O) groups excluding carboxylic acids is 2. The molecule has 0 unspecified atom stereocenters. The summed E-state index contributed by atoms with van der Waals surface area (Å²) in [5.74, 6) is 0. The van der Waals surface area contributed by atoms with E-state index in [-0.39, 0.29) is 24.0 Å². The summed E-state index contributed by atoms with van der Waals surface area (Å²) in [5, 5.41) is 14.3. The van der Waals surface area contributed by atoms with Crippen molar-refractivity contribution in [3.8, 4) is 0 Å². The van der Waals surface area contributed by atoms with Crippen molar-refractivity contribution in [1.29, 1.82) is 0 Å². The first-order valence-corrected chi connectivity index (χ1v) is 11.0. The standard InChI is InChI=1S/C24H30N4O6/c1-17-15-26(23(30)34-24(2,3)4)12-13-27(17)20-11-10-19(14-21(20)28(31)32)25-22(29)33-16-18-8-6-5-7-9-18/h5-11,14,17H,12-13,15-16H2,1-4H3,(H,25,29)/t17-/m0/s1. The first-order valence-electron chi connectivity index (χ1n) is 11.0. The van der Waals surface area contributed by atoms with Gasteiger partial charge in [0.25, 0.3) is 5.69 Å². The molecule has 182 valence electrons. The Bertz CT molecular complexity index is 1040. The second kappa shape index (κ2) is 10.4. The maximum absolute atomic E-state index is 12.4. The summed E-state index contributed by atoms with van der Waals surface area (Å²) in [6.45, 7) is 8.57. The minimum Gasteiger partial charge on any atom is -0.444 e. The number of nitro benzene ring substituents is 1. The van der Waals surface area contributed by atoms with Crippen LogP contribution in [0.25, 0.3) is 0 Å². The van der Waals surface area contributed by atoms with E-state index in [9.17, 15) is 19.7 Å². The molecule has 1 heterocycles. The van der Waals surface area contributed by atoms with Gasteiger partial charge in [0.05, 0.1) is 10.6 Å². The number of amides is 2. The molecule has 0 radical (unpaired) electrons. The number of nitro groups is 1. The average molecular weight is 471 g/mol. The predicted octanol–water partition coefficient (Wildman–Crippen LogP) is 4.79. The van der Waals surface area contributed by atoms with Gasteiger partial charge in [-0.2, -0.15) is 0 Å². The Labute approximate surface area is 198 Å². The topological polar surface area (TPSA) is 114 Å². The molecule has 1 aliphatic rings. The molecule has 0 saturated carbocycles. The first-order chi connectivity index (χ1) is 16.0. The van der Waals surface area contributed by atoms with E-state index in [1.54, 1.807) is 37.8 Å². The van der Waals surface area contributed by atoms with Gasteiger partial charge in [0.15, 0.2) is 0 Å². The smallest absolute Gasteiger partial charge is 0.411 e. The Hall–Kier alpha value is -3.82. The second-order valence-electron chi connectivity index (χ2n) is 9.12. The van der Waals surface area contributed by atoms with Crippen LogP contribution in [0.5, 0.6) is 0 Å². The molecule has 0 spiro atoms. The molecule has 1 atom stereocenters. The normalized spacial score (nSPS) is 16.1. The second-order valence-corrected chi connectivity index (χ2v) is 9.12. The van der Waals surface area contributed by atoms with Crippen LogP contribution in [0.4, 0.5) is 26.7 Å². The summed E-state index contributed by atoms with van der Waals surface area (Å²) in [5.41, 5.74) is 0.774. The van der Waals surface area contributed by atoms with Gasteiger partial charge in [0, 0.05) is 31.7 Å². The number of rotatable bonds is 5. The molecule has 3 rings (SSSR count). The monoisotopic (exact) mass is 470 g/mol. The molecule has 2 aromatic carbocycles. The predicted molar refractivity (Wildman–Crippen MR) is 128 cm³/mol. The summed E-state index contributed by atoms with van der Waals surface area (Å²) in [7, 11) is 0. The highest BCUT2D eigenvalue weighted by Gasteiger charge is 2.32. The Kier molecular flexibility index (Phi) is 7.60.